The lowest BCUT2D eigenvalue weighted by atomic mass is 9.98. The molecule has 0 atom stereocenters. The third-order valence-electron chi connectivity index (χ3n) is 3.86. The number of para-hydroxylation sites is 2. The number of carbonyl (C=O) groups is 1. The molecular formula is C19H24N2O. The first-order valence-corrected chi connectivity index (χ1v) is 7.65. The predicted octanol–water partition coefficient (Wildman–Crippen LogP) is 4.19. The van der Waals surface area contributed by atoms with Crippen LogP contribution in [0.2, 0.25) is 0 Å². The van der Waals surface area contributed by atoms with Gasteiger partial charge >= 0.3 is 0 Å². The van der Waals surface area contributed by atoms with E-state index in [0.717, 1.165) is 11.4 Å². The number of amides is 1. The van der Waals surface area contributed by atoms with E-state index in [2.05, 4.69) is 44.3 Å². The average molecular weight is 296 g/mol. The molecule has 0 aliphatic heterocycles. The van der Waals surface area contributed by atoms with E-state index < -0.39 is 0 Å². The van der Waals surface area contributed by atoms with Crippen molar-refractivity contribution in [2.45, 2.75) is 26.7 Å². The zero-order valence-corrected chi connectivity index (χ0v) is 13.8. The highest BCUT2D eigenvalue weighted by atomic mass is 16.2. The van der Waals surface area contributed by atoms with Crippen LogP contribution in [0.3, 0.4) is 0 Å². The molecule has 2 aromatic rings. The van der Waals surface area contributed by atoms with Crippen molar-refractivity contribution in [2.24, 2.45) is 0 Å². The summed E-state index contributed by atoms with van der Waals surface area (Å²) in [6, 6.07) is 15.9. The summed E-state index contributed by atoms with van der Waals surface area (Å²) in [5.74, 6) is 0.466. The molecule has 2 rings (SSSR count). The van der Waals surface area contributed by atoms with Crippen LogP contribution in [0.25, 0.3) is 0 Å². The van der Waals surface area contributed by atoms with E-state index in [-0.39, 0.29) is 12.5 Å². The molecule has 0 fully saturated rings. The van der Waals surface area contributed by atoms with Crippen molar-refractivity contribution in [1.29, 1.82) is 0 Å². The minimum absolute atomic E-state index is 0.0455. The van der Waals surface area contributed by atoms with Gasteiger partial charge in [-0.2, -0.15) is 0 Å². The summed E-state index contributed by atoms with van der Waals surface area (Å²) in [4.78, 5) is 14.1. The van der Waals surface area contributed by atoms with Gasteiger partial charge in [-0.25, -0.2) is 0 Å². The van der Waals surface area contributed by atoms with Gasteiger partial charge in [0.15, 0.2) is 0 Å². The van der Waals surface area contributed by atoms with Crippen LogP contribution in [-0.2, 0) is 4.79 Å². The van der Waals surface area contributed by atoms with Crippen LogP contribution >= 0.6 is 0 Å². The molecule has 0 unspecified atom stereocenters. The monoisotopic (exact) mass is 296 g/mol. The number of nitrogens with one attached hydrogen (secondary N) is 1. The fourth-order valence-electron chi connectivity index (χ4n) is 2.49. The summed E-state index contributed by atoms with van der Waals surface area (Å²) in [6.07, 6.45) is 0. The van der Waals surface area contributed by atoms with E-state index in [9.17, 15) is 4.79 Å². The third-order valence-corrected chi connectivity index (χ3v) is 3.86. The highest BCUT2D eigenvalue weighted by molar-refractivity contribution is 5.95. The summed E-state index contributed by atoms with van der Waals surface area (Å²) in [5.41, 5.74) is 4.40. The second-order valence-electron chi connectivity index (χ2n) is 5.84. The van der Waals surface area contributed by atoms with E-state index in [0.29, 0.717) is 5.92 Å². The minimum atomic E-state index is 0.0455. The average Bonchev–Trinajstić information content (AvgIpc) is 2.53. The molecule has 0 saturated heterocycles. The van der Waals surface area contributed by atoms with Crippen LogP contribution in [0.5, 0.6) is 0 Å². The van der Waals surface area contributed by atoms with E-state index in [4.69, 9.17) is 0 Å². The molecule has 3 heteroatoms. The van der Waals surface area contributed by atoms with E-state index in [1.807, 2.05) is 30.3 Å². The Morgan fingerprint density at radius 3 is 2.41 bits per heavy atom. The van der Waals surface area contributed by atoms with Gasteiger partial charge in [-0.05, 0) is 36.1 Å². The molecule has 0 radical (unpaired) electrons. The number of likely N-dealkylation sites (N-methyl/N-ethyl adjacent to an activating group) is 1. The Labute approximate surface area is 133 Å². The maximum absolute atomic E-state index is 12.4. The first-order chi connectivity index (χ1) is 10.5. The Kier molecular flexibility index (Phi) is 5.21. The Balaban J connectivity index is 2.09. The van der Waals surface area contributed by atoms with Crippen LogP contribution in [0, 0.1) is 6.92 Å². The van der Waals surface area contributed by atoms with Gasteiger partial charge in [0.1, 0.15) is 0 Å². The fraction of sp³-hybridized carbons (Fsp3) is 0.316. The highest BCUT2D eigenvalue weighted by Gasteiger charge is 2.13. The van der Waals surface area contributed by atoms with Crippen LogP contribution in [-0.4, -0.2) is 19.5 Å². The van der Waals surface area contributed by atoms with Crippen LogP contribution in [0.1, 0.15) is 30.9 Å². The first-order valence-electron chi connectivity index (χ1n) is 7.65. The van der Waals surface area contributed by atoms with Crippen LogP contribution < -0.4 is 10.2 Å². The van der Waals surface area contributed by atoms with E-state index >= 15 is 0 Å². The molecule has 0 bridgehead atoms. The number of hydrogen-bond donors (Lipinski definition) is 1. The van der Waals surface area contributed by atoms with Crippen LogP contribution in [0.15, 0.2) is 48.5 Å². The SMILES string of the molecule is Cc1cccc(C(C)C)c1NCC(=O)N(C)c1ccccc1. The Morgan fingerprint density at radius 2 is 1.77 bits per heavy atom. The minimum Gasteiger partial charge on any atom is -0.376 e. The lowest BCUT2D eigenvalue weighted by molar-refractivity contribution is -0.116. The topological polar surface area (TPSA) is 32.3 Å². The van der Waals surface area contributed by atoms with Crippen molar-refractivity contribution in [3.63, 3.8) is 0 Å². The van der Waals surface area contributed by atoms with Gasteiger partial charge in [-0.3, -0.25) is 4.79 Å². The Morgan fingerprint density at radius 1 is 1.09 bits per heavy atom. The number of hydrogen-bond acceptors (Lipinski definition) is 2. The van der Waals surface area contributed by atoms with Gasteiger partial charge < -0.3 is 10.2 Å². The molecule has 0 heterocycles. The van der Waals surface area contributed by atoms with E-state index in [1.54, 1.807) is 11.9 Å². The molecule has 0 aromatic heterocycles. The van der Waals surface area contributed by atoms with Crippen molar-refractivity contribution < 1.29 is 4.79 Å². The largest absolute Gasteiger partial charge is 0.376 e. The normalized spacial score (nSPS) is 10.6. The van der Waals surface area contributed by atoms with Crippen molar-refractivity contribution in [3.05, 3.63) is 59.7 Å². The summed E-state index contributed by atoms with van der Waals surface area (Å²) < 4.78 is 0. The van der Waals surface area contributed by atoms with Crippen molar-refractivity contribution in [2.75, 3.05) is 23.8 Å². The molecular weight excluding hydrogens is 272 g/mol. The lowest BCUT2D eigenvalue weighted by Crippen LogP contribution is -2.32. The van der Waals surface area contributed by atoms with Crippen LogP contribution in [0.4, 0.5) is 11.4 Å². The third kappa shape index (κ3) is 3.67. The summed E-state index contributed by atoms with van der Waals surface area (Å²) in [6.45, 7) is 6.69. The molecule has 2 aromatic carbocycles. The number of anilines is 2. The van der Waals surface area contributed by atoms with Gasteiger partial charge in [0.05, 0.1) is 6.54 Å². The summed E-state index contributed by atoms with van der Waals surface area (Å²) in [5, 5.41) is 3.32. The molecule has 0 aliphatic rings. The Bertz CT molecular complexity index is 635. The molecule has 1 amide bonds. The van der Waals surface area contributed by atoms with Crippen molar-refractivity contribution in [1.82, 2.24) is 0 Å². The molecule has 1 N–H and O–H groups in total. The Hall–Kier alpha value is -2.29. The van der Waals surface area contributed by atoms with Gasteiger partial charge in [0, 0.05) is 18.4 Å². The number of benzene rings is 2. The quantitative estimate of drug-likeness (QED) is 0.897. The smallest absolute Gasteiger partial charge is 0.246 e. The van der Waals surface area contributed by atoms with Gasteiger partial charge in [0.25, 0.3) is 0 Å². The molecule has 0 spiro atoms. The van der Waals surface area contributed by atoms with Crippen molar-refractivity contribution >= 4 is 17.3 Å². The van der Waals surface area contributed by atoms with Gasteiger partial charge in [-0.15, -0.1) is 0 Å². The molecule has 3 nitrogen and oxygen atoms in total. The maximum atomic E-state index is 12.4. The highest BCUT2D eigenvalue weighted by Crippen LogP contribution is 2.27. The number of carbonyl (C=O) groups excluding carboxylic acids is 1. The number of rotatable bonds is 5. The van der Waals surface area contributed by atoms with E-state index in [1.165, 1.54) is 11.1 Å². The maximum Gasteiger partial charge on any atom is 0.246 e. The molecule has 22 heavy (non-hydrogen) atoms. The number of nitrogens with zero attached hydrogens (tertiary/aromatic N) is 1. The second kappa shape index (κ2) is 7.12. The van der Waals surface area contributed by atoms with Crippen molar-refractivity contribution in [3.8, 4) is 0 Å². The first kappa shape index (κ1) is 16.1. The lowest BCUT2D eigenvalue weighted by Gasteiger charge is -2.20. The summed E-state index contributed by atoms with van der Waals surface area (Å²) >= 11 is 0. The zero-order valence-electron chi connectivity index (χ0n) is 13.8. The van der Waals surface area contributed by atoms with Gasteiger partial charge in [-0.1, -0.05) is 50.2 Å². The number of aryl methyl sites for hydroxylation is 1. The predicted molar refractivity (Wildman–Crippen MR) is 93.6 cm³/mol. The van der Waals surface area contributed by atoms with Gasteiger partial charge in [0.2, 0.25) is 5.91 Å². The standard InChI is InChI=1S/C19H24N2O/c1-14(2)17-12-8-9-15(3)19(17)20-13-18(22)21(4)16-10-6-5-7-11-16/h5-12,14,20H,13H2,1-4H3. The molecule has 116 valence electrons. The fourth-order valence-corrected chi connectivity index (χ4v) is 2.49. The molecule has 0 saturated carbocycles. The second-order valence-corrected chi connectivity index (χ2v) is 5.84. The summed E-state index contributed by atoms with van der Waals surface area (Å²) in [7, 11) is 1.81. The zero-order chi connectivity index (χ0) is 16.1. The molecule has 0 aliphatic carbocycles.